The van der Waals surface area contributed by atoms with E-state index in [1.807, 2.05) is 6.07 Å². The summed E-state index contributed by atoms with van der Waals surface area (Å²) in [5, 5.41) is 2.22. The van der Waals surface area contributed by atoms with E-state index in [2.05, 4.69) is 211 Å². The zero-order chi connectivity index (χ0) is 41.5. The first kappa shape index (κ1) is 36.3. The van der Waals surface area contributed by atoms with E-state index in [1.54, 1.807) is 11.1 Å². The predicted molar refractivity (Wildman–Crippen MR) is 262 cm³/mol. The van der Waals surface area contributed by atoms with Crippen molar-refractivity contribution < 1.29 is 4.42 Å². The summed E-state index contributed by atoms with van der Waals surface area (Å²) >= 11 is 0. The molecule has 0 radical (unpaired) electrons. The van der Waals surface area contributed by atoms with Gasteiger partial charge in [0.2, 0.25) is 0 Å². The van der Waals surface area contributed by atoms with Crippen molar-refractivity contribution in [3.05, 3.63) is 223 Å². The average Bonchev–Trinajstić information content (AvgIpc) is 4.14. The number of fused-ring (bicyclic) bond motifs is 11. The lowest BCUT2D eigenvalue weighted by molar-refractivity contribution is 0.327. The Morgan fingerprint density at radius 3 is 1.78 bits per heavy atom. The first-order chi connectivity index (χ1) is 31.2. The molecule has 2 bridgehead atoms. The molecule has 1 aromatic heterocycles. The van der Waals surface area contributed by atoms with E-state index in [-0.39, 0.29) is 5.41 Å². The van der Waals surface area contributed by atoms with Crippen LogP contribution >= 0.6 is 0 Å². The lowest BCUT2D eigenvalue weighted by Crippen LogP contribution is -2.31. The molecule has 1 heterocycles. The lowest BCUT2D eigenvalue weighted by atomic mass is 9.66. The monoisotopic (exact) mass is 807 g/mol. The first-order valence-corrected chi connectivity index (χ1v) is 22.6. The summed E-state index contributed by atoms with van der Waals surface area (Å²) in [7, 11) is 0. The summed E-state index contributed by atoms with van der Waals surface area (Å²) in [6.07, 6.45) is 5.39. The zero-order valence-electron chi connectivity index (χ0n) is 35.0. The van der Waals surface area contributed by atoms with E-state index in [4.69, 9.17) is 4.42 Å². The molecule has 0 aliphatic heterocycles. The van der Waals surface area contributed by atoms with Crippen LogP contribution in [0.1, 0.15) is 36.8 Å². The number of para-hydroxylation sites is 2. The van der Waals surface area contributed by atoms with E-state index in [0.717, 1.165) is 56.4 Å². The Hall–Kier alpha value is -7.42. The Labute approximate surface area is 368 Å². The van der Waals surface area contributed by atoms with Gasteiger partial charge in [-0.3, -0.25) is 0 Å². The van der Waals surface area contributed by atoms with Crippen molar-refractivity contribution in [3.63, 3.8) is 0 Å². The van der Waals surface area contributed by atoms with Crippen LogP contribution in [0.4, 0.5) is 17.1 Å². The van der Waals surface area contributed by atoms with Crippen LogP contribution in [0.2, 0.25) is 0 Å². The van der Waals surface area contributed by atoms with Crippen LogP contribution in [0.3, 0.4) is 0 Å². The molecule has 300 valence electrons. The topological polar surface area (TPSA) is 16.4 Å². The second kappa shape index (κ2) is 14.3. The Balaban J connectivity index is 0.959. The number of furan rings is 1. The number of hydrogen-bond donors (Lipinski definition) is 0. The molecule has 63 heavy (non-hydrogen) atoms. The lowest BCUT2D eigenvalue weighted by Gasteiger charge is -2.36. The Morgan fingerprint density at radius 2 is 1.00 bits per heavy atom. The van der Waals surface area contributed by atoms with Crippen LogP contribution in [0, 0.1) is 11.8 Å². The van der Waals surface area contributed by atoms with Crippen LogP contribution in [-0.4, -0.2) is 0 Å². The third-order valence-electron chi connectivity index (χ3n) is 14.8. The average molecular weight is 808 g/mol. The van der Waals surface area contributed by atoms with Gasteiger partial charge >= 0.3 is 0 Å². The highest BCUT2D eigenvalue weighted by molar-refractivity contribution is 6.07. The Bertz CT molecular complexity index is 3380. The molecule has 2 saturated carbocycles. The second-order valence-corrected chi connectivity index (χ2v) is 18.0. The van der Waals surface area contributed by atoms with Gasteiger partial charge in [-0.25, -0.2) is 0 Å². The van der Waals surface area contributed by atoms with Crippen molar-refractivity contribution in [2.75, 3.05) is 4.90 Å². The van der Waals surface area contributed by atoms with Gasteiger partial charge in [0.15, 0.2) is 0 Å². The highest BCUT2D eigenvalue weighted by Gasteiger charge is 2.56. The van der Waals surface area contributed by atoms with Crippen LogP contribution < -0.4 is 4.90 Å². The standard InChI is InChI=1S/C61H45NO/c1-2-14-42(15-3-1)47-16-4-5-17-48(47)49-18-6-7-19-50(49)53-21-9-12-24-58(53)62(46-33-35-60-55(38-46)54-22-10-13-25-59(54)63-60)45-31-27-41(28-32-45)43-29-34-52-51-20-8-11-23-56(51)61(57(52)37-43)39-40-26-30-44(61)36-40/h1-25,27-29,31-35,37-38,40,44H,26,30,36,39H2/t40?,44?,61-/m1/s1. The van der Waals surface area contributed by atoms with Crippen molar-refractivity contribution in [3.8, 4) is 55.6 Å². The van der Waals surface area contributed by atoms with Crippen molar-refractivity contribution in [1.82, 2.24) is 0 Å². The number of hydrogen-bond acceptors (Lipinski definition) is 2. The van der Waals surface area contributed by atoms with E-state index >= 15 is 0 Å². The molecule has 9 aromatic carbocycles. The quantitative estimate of drug-likeness (QED) is 0.159. The molecular weight excluding hydrogens is 763 g/mol. The molecule has 2 fully saturated rings. The highest BCUT2D eigenvalue weighted by Crippen LogP contribution is 2.66. The molecule has 0 N–H and O–H groups in total. The summed E-state index contributed by atoms with van der Waals surface area (Å²) < 4.78 is 6.35. The third-order valence-corrected chi connectivity index (χ3v) is 14.8. The van der Waals surface area contributed by atoms with Gasteiger partial charge in [-0.2, -0.15) is 0 Å². The van der Waals surface area contributed by atoms with Crippen molar-refractivity contribution in [2.24, 2.45) is 11.8 Å². The summed E-state index contributed by atoms with van der Waals surface area (Å²) in [5.41, 5.74) is 20.9. The Morgan fingerprint density at radius 1 is 0.397 bits per heavy atom. The summed E-state index contributed by atoms with van der Waals surface area (Å²) in [4.78, 5) is 2.43. The van der Waals surface area contributed by atoms with Crippen LogP contribution in [-0.2, 0) is 5.41 Å². The van der Waals surface area contributed by atoms with Gasteiger partial charge < -0.3 is 9.32 Å². The number of rotatable bonds is 7. The molecule has 13 rings (SSSR count). The predicted octanol–water partition coefficient (Wildman–Crippen LogP) is 16.8. The van der Waals surface area contributed by atoms with Crippen LogP contribution in [0.15, 0.2) is 217 Å². The number of nitrogens with zero attached hydrogens (tertiary/aromatic N) is 1. The minimum Gasteiger partial charge on any atom is -0.456 e. The maximum atomic E-state index is 6.35. The summed E-state index contributed by atoms with van der Waals surface area (Å²) in [6, 6.07) is 78.2. The van der Waals surface area contributed by atoms with Gasteiger partial charge in [-0.05, 0) is 141 Å². The molecule has 3 aliphatic rings. The van der Waals surface area contributed by atoms with Crippen molar-refractivity contribution in [1.29, 1.82) is 0 Å². The number of anilines is 3. The first-order valence-electron chi connectivity index (χ1n) is 22.6. The van der Waals surface area contributed by atoms with Gasteiger partial charge in [-0.15, -0.1) is 0 Å². The van der Waals surface area contributed by atoms with E-state index in [0.29, 0.717) is 0 Å². The van der Waals surface area contributed by atoms with Gasteiger partial charge in [0.05, 0.1) is 5.69 Å². The normalized spacial score (nSPS) is 18.3. The van der Waals surface area contributed by atoms with Crippen molar-refractivity contribution >= 4 is 39.0 Å². The molecule has 0 saturated heterocycles. The third kappa shape index (κ3) is 5.64. The van der Waals surface area contributed by atoms with Crippen LogP contribution in [0.5, 0.6) is 0 Å². The van der Waals surface area contributed by atoms with E-state index < -0.39 is 0 Å². The second-order valence-electron chi connectivity index (χ2n) is 18.0. The molecule has 3 aliphatic carbocycles. The summed E-state index contributed by atoms with van der Waals surface area (Å²) in [6.45, 7) is 0. The van der Waals surface area contributed by atoms with Crippen molar-refractivity contribution in [2.45, 2.75) is 31.1 Å². The molecular formula is C61H45NO. The van der Waals surface area contributed by atoms with Crippen LogP contribution in [0.25, 0.3) is 77.6 Å². The molecule has 2 nitrogen and oxygen atoms in total. The fraction of sp³-hybridized carbons (Fsp3) is 0.115. The maximum Gasteiger partial charge on any atom is 0.135 e. The Kier molecular flexibility index (Phi) is 8.24. The molecule has 3 atom stereocenters. The molecule has 10 aromatic rings. The minimum absolute atomic E-state index is 0.152. The fourth-order valence-electron chi connectivity index (χ4n) is 12.1. The van der Waals surface area contributed by atoms with Gasteiger partial charge in [-0.1, -0.05) is 170 Å². The van der Waals surface area contributed by atoms with E-state index in [1.165, 1.54) is 75.8 Å². The largest absolute Gasteiger partial charge is 0.456 e. The van der Waals surface area contributed by atoms with Gasteiger partial charge in [0.25, 0.3) is 0 Å². The zero-order valence-corrected chi connectivity index (χ0v) is 35.0. The molecule has 1 spiro atoms. The fourth-order valence-corrected chi connectivity index (χ4v) is 12.1. The smallest absolute Gasteiger partial charge is 0.135 e. The van der Waals surface area contributed by atoms with Gasteiger partial charge in [0.1, 0.15) is 11.2 Å². The number of benzene rings is 9. The minimum atomic E-state index is 0.152. The summed E-state index contributed by atoms with van der Waals surface area (Å²) in [5.74, 6) is 1.58. The maximum absolute atomic E-state index is 6.35. The van der Waals surface area contributed by atoms with E-state index in [9.17, 15) is 0 Å². The molecule has 2 heteroatoms. The molecule has 0 amide bonds. The highest BCUT2D eigenvalue weighted by atomic mass is 16.3. The van der Waals surface area contributed by atoms with Gasteiger partial charge in [0, 0.05) is 33.1 Å². The molecule has 2 unspecified atom stereocenters. The SMILES string of the molecule is c1ccc(-c2ccccc2-c2ccccc2-c2ccccc2N(c2ccc(-c3ccc4c(c3)[C@@]3(CC5CCC3C5)c3ccccc3-4)cc2)c2ccc3oc4ccccc4c3c2)cc1.